The molecule has 1 aromatic heterocycles. The molecule has 32 heavy (non-hydrogen) atoms. The van der Waals surface area contributed by atoms with Crippen molar-refractivity contribution in [2.45, 2.75) is 32.0 Å². The fraction of sp³-hybridized carbons (Fsp3) is 0.348. The van der Waals surface area contributed by atoms with Crippen LogP contribution < -0.4 is 26.0 Å². The summed E-state index contributed by atoms with van der Waals surface area (Å²) in [5, 5.41) is 3.14. The van der Waals surface area contributed by atoms with Gasteiger partial charge in [0.2, 0.25) is 5.91 Å². The summed E-state index contributed by atoms with van der Waals surface area (Å²) >= 11 is 0. The summed E-state index contributed by atoms with van der Waals surface area (Å²) < 4.78 is 18.6. The number of para-hydroxylation sites is 1. The van der Waals surface area contributed by atoms with E-state index in [1.807, 2.05) is 0 Å². The molecule has 0 spiro atoms. The number of nitrogens with one attached hydrogen (secondary N) is 1. The summed E-state index contributed by atoms with van der Waals surface area (Å²) in [5.41, 5.74) is -0.0677. The molecule has 0 aliphatic carbocycles. The van der Waals surface area contributed by atoms with E-state index >= 15 is 0 Å². The average molecular weight is 439 g/mol. The van der Waals surface area contributed by atoms with Crippen LogP contribution in [0.4, 0.5) is 5.69 Å². The number of carbonyl (C=O) groups is 1. The number of carbonyl (C=O) groups excluding carboxylic acids is 1. The third kappa shape index (κ3) is 4.24. The molecular formula is C23H25N3O6. The van der Waals surface area contributed by atoms with Gasteiger partial charge in [0.1, 0.15) is 18.0 Å². The maximum atomic E-state index is 13.2. The summed E-state index contributed by atoms with van der Waals surface area (Å²) in [6.45, 7) is 0.518. The monoisotopic (exact) mass is 439 g/mol. The second kappa shape index (κ2) is 9.27. The summed E-state index contributed by atoms with van der Waals surface area (Å²) in [6.07, 6.45) is 1.50. The van der Waals surface area contributed by atoms with Gasteiger partial charge in [0.05, 0.1) is 43.5 Å². The first-order valence-corrected chi connectivity index (χ1v) is 10.4. The molecule has 4 rings (SSSR count). The summed E-state index contributed by atoms with van der Waals surface area (Å²) in [4.78, 5) is 39.1. The first-order valence-electron chi connectivity index (χ1n) is 10.4. The third-order valence-electron chi connectivity index (χ3n) is 5.53. The summed E-state index contributed by atoms with van der Waals surface area (Å²) in [7, 11) is 3.03. The fourth-order valence-corrected chi connectivity index (χ4v) is 3.91. The maximum absolute atomic E-state index is 13.2. The van der Waals surface area contributed by atoms with E-state index in [4.69, 9.17) is 14.2 Å². The molecular weight excluding hydrogens is 414 g/mol. The quantitative estimate of drug-likeness (QED) is 0.604. The number of methoxy groups -OCH3 is 2. The summed E-state index contributed by atoms with van der Waals surface area (Å²) in [6, 6.07) is 11.8. The van der Waals surface area contributed by atoms with Crippen LogP contribution in [0, 0.1) is 0 Å². The van der Waals surface area contributed by atoms with Gasteiger partial charge in [-0.1, -0.05) is 12.1 Å². The predicted molar refractivity (Wildman–Crippen MR) is 120 cm³/mol. The Morgan fingerprint density at radius 1 is 1.12 bits per heavy atom. The SMILES string of the molecule is COc1ccc(NC(=O)Cn2c(=O)n(C[C@H]3CCCO3)c(=O)c3ccccc32)c(OC)c1. The van der Waals surface area contributed by atoms with Crippen LogP contribution >= 0.6 is 0 Å². The highest BCUT2D eigenvalue weighted by molar-refractivity contribution is 5.93. The van der Waals surface area contributed by atoms with Crippen LogP contribution in [0.5, 0.6) is 11.5 Å². The number of aromatic nitrogens is 2. The second-order valence-corrected chi connectivity index (χ2v) is 7.55. The van der Waals surface area contributed by atoms with Crippen molar-refractivity contribution in [2.24, 2.45) is 0 Å². The first kappa shape index (κ1) is 21.6. The van der Waals surface area contributed by atoms with Crippen LogP contribution in [0.15, 0.2) is 52.1 Å². The van der Waals surface area contributed by atoms with E-state index in [-0.39, 0.29) is 24.8 Å². The molecule has 0 saturated carbocycles. The highest BCUT2D eigenvalue weighted by Gasteiger charge is 2.21. The van der Waals surface area contributed by atoms with Crippen molar-refractivity contribution < 1.29 is 19.0 Å². The predicted octanol–water partition coefficient (Wildman–Crippen LogP) is 2.00. The minimum absolute atomic E-state index is 0.163. The van der Waals surface area contributed by atoms with E-state index in [0.717, 1.165) is 12.8 Å². The molecule has 168 valence electrons. The molecule has 1 N–H and O–H groups in total. The Bertz CT molecular complexity index is 1260. The highest BCUT2D eigenvalue weighted by Crippen LogP contribution is 2.29. The number of anilines is 1. The van der Waals surface area contributed by atoms with Gasteiger partial charge >= 0.3 is 5.69 Å². The van der Waals surface area contributed by atoms with Crippen molar-refractivity contribution in [3.05, 3.63) is 63.3 Å². The molecule has 1 fully saturated rings. The lowest BCUT2D eigenvalue weighted by atomic mass is 10.2. The molecule has 1 aliphatic heterocycles. The van der Waals surface area contributed by atoms with E-state index in [1.165, 1.54) is 23.4 Å². The molecule has 1 aliphatic rings. The van der Waals surface area contributed by atoms with Gasteiger partial charge in [-0.15, -0.1) is 0 Å². The van der Waals surface area contributed by atoms with E-state index in [9.17, 15) is 14.4 Å². The van der Waals surface area contributed by atoms with Crippen molar-refractivity contribution in [2.75, 3.05) is 26.1 Å². The van der Waals surface area contributed by atoms with Gasteiger partial charge in [0, 0.05) is 12.7 Å². The van der Waals surface area contributed by atoms with Crippen LogP contribution in [-0.4, -0.2) is 42.0 Å². The zero-order valence-corrected chi connectivity index (χ0v) is 18.0. The Morgan fingerprint density at radius 3 is 2.66 bits per heavy atom. The maximum Gasteiger partial charge on any atom is 0.332 e. The molecule has 9 heteroatoms. The molecule has 1 amide bonds. The van der Waals surface area contributed by atoms with Gasteiger partial charge in [0.15, 0.2) is 0 Å². The molecule has 2 heterocycles. The van der Waals surface area contributed by atoms with E-state index in [0.29, 0.717) is 34.7 Å². The number of fused-ring (bicyclic) bond motifs is 1. The van der Waals surface area contributed by atoms with E-state index < -0.39 is 11.6 Å². The lowest BCUT2D eigenvalue weighted by molar-refractivity contribution is -0.116. The van der Waals surface area contributed by atoms with Gasteiger partial charge in [0.25, 0.3) is 5.56 Å². The van der Waals surface area contributed by atoms with Gasteiger partial charge < -0.3 is 19.5 Å². The number of rotatable bonds is 7. The minimum Gasteiger partial charge on any atom is -0.497 e. The van der Waals surface area contributed by atoms with Crippen LogP contribution in [-0.2, 0) is 22.6 Å². The van der Waals surface area contributed by atoms with Crippen molar-refractivity contribution in [3.63, 3.8) is 0 Å². The lowest BCUT2D eigenvalue weighted by Crippen LogP contribution is -2.43. The van der Waals surface area contributed by atoms with Crippen molar-refractivity contribution in [1.82, 2.24) is 9.13 Å². The number of amides is 1. The number of hydrogen-bond acceptors (Lipinski definition) is 6. The Balaban J connectivity index is 1.68. The number of nitrogens with zero attached hydrogens (tertiary/aromatic N) is 2. The standard InChI is InChI=1S/C23H25N3O6/c1-30-15-9-10-18(20(12-15)31-2)24-21(27)14-25-19-8-4-3-7-17(19)22(28)26(23(25)29)13-16-6-5-11-32-16/h3-4,7-10,12,16H,5-6,11,13-14H2,1-2H3,(H,24,27)/t16-/m1/s1. The summed E-state index contributed by atoms with van der Waals surface area (Å²) in [5.74, 6) is 0.588. The number of ether oxygens (including phenoxy) is 3. The molecule has 1 saturated heterocycles. The highest BCUT2D eigenvalue weighted by atomic mass is 16.5. The Hall–Kier alpha value is -3.59. The fourth-order valence-electron chi connectivity index (χ4n) is 3.91. The molecule has 0 unspecified atom stereocenters. The zero-order valence-electron chi connectivity index (χ0n) is 18.0. The third-order valence-corrected chi connectivity index (χ3v) is 5.53. The molecule has 9 nitrogen and oxygen atoms in total. The van der Waals surface area contributed by atoms with Crippen LogP contribution in [0.1, 0.15) is 12.8 Å². The Kier molecular flexibility index (Phi) is 6.27. The number of hydrogen-bond donors (Lipinski definition) is 1. The van der Waals surface area contributed by atoms with Gasteiger partial charge in [-0.05, 0) is 37.1 Å². The largest absolute Gasteiger partial charge is 0.497 e. The molecule has 0 bridgehead atoms. The zero-order chi connectivity index (χ0) is 22.7. The van der Waals surface area contributed by atoms with Crippen molar-refractivity contribution in [3.8, 4) is 11.5 Å². The molecule has 2 aromatic carbocycles. The van der Waals surface area contributed by atoms with E-state index in [1.54, 1.807) is 42.5 Å². The molecule has 1 atom stereocenters. The lowest BCUT2D eigenvalue weighted by Gasteiger charge is -2.17. The van der Waals surface area contributed by atoms with Crippen LogP contribution in [0.3, 0.4) is 0 Å². The second-order valence-electron chi connectivity index (χ2n) is 7.55. The Labute approximate surface area is 184 Å². The Morgan fingerprint density at radius 2 is 1.94 bits per heavy atom. The van der Waals surface area contributed by atoms with E-state index in [2.05, 4.69) is 5.32 Å². The smallest absolute Gasteiger partial charge is 0.332 e. The normalized spacial score (nSPS) is 15.6. The first-order chi connectivity index (χ1) is 15.5. The van der Waals surface area contributed by atoms with Gasteiger partial charge in [-0.2, -0.15) is 0 Å². The topological polar surface area (TPSA) is 101 Å². The van der Waals surface area contributed by atoms with Crippen LogP contribution in [0.2, 0.25) is 0 Å². The van der Waals surface area contributed by atoms with Crippen LogP contribution in [0.25, 0.3) is 10.9 Å². The molecule has 0 radical (unpaired) electrons. The minimum atomic E-state index is -0.541. The van der Waals surface area contributed by atoms with Crippen molar-refractivity contribution >= 4 is 22.5 Å². The average Bonchev–Trinajstić information content (AvgIpc) is 3.33. The van der Waals surface area contributed by atoms with Crippen molar-refractivity contribution in [1.29, 1.82) is 0 Å². The molecule has 3 aromatic rings. The van der Waals surface area contributed by atoms with Gasteiger partial charge in [-0.3, -0.25) is 18.7 Å². The van der Waals surface area contributed by atoms with Gasteiger partial charge in [-0.25, -0.2) is 4.79 Å². The number of benzene rings is 2.